The predicted octanol–water partition coefficient (Wildman–Crippen LogP) is 2.93. The third-order valence-corrected chi connectivity index (χ3v) is 2.17. The third kappa shape index (κ3) is 1.71. The van der Waals surface area contributed by atoms with Crippen LogP contribution in [-0.4, -0.2) is 18.2 Å². The van der Waals surface area contributed by atoms with E-state index in [9.17, 15) is 0 Å². The van der Waals surface area contributed by atoms with Gasteiger partial charge >= 0.3 is 0 Å². The quantitative estimate of drug-likeness (QED) is 0.686. The molecule has 0 saturated carbocycles. The van der Waals surface area contributed by atoms with Gasteiger partial charge in [-0.15, -0.1) is 0 Å². The van der Waals surface area contributed by atoms with Crippen molar-refractivity contribution < 1.29 is 13.9 Å². The Morgan fingerprint density at radius 1 is 1.12 bits per heavy atom. The van der Waals surface area contributed by atoms with Crippen molar-refractivity contribution in [2.24, 2.45) is 0 Å². The number of ether oxygens (including phenoxy) is 2. The van der Waals surface area contributed by atoms with Crippen molar-refractivity contribution in [3.63, 3.8) is 0 Å². The molecule has 4 heteroatoms. The molecule has 1 aliphatic heterocycles. The Morgan fingerprint density at radius 2 is 1.88 bits per heavy atom. The topological polar surface area (TPSA) is 44.5 Å². The van der Waals surface area contributed by atoms with Crippen molar-refractivity contribution in [2.75, 3.05) is 13.2 Å². The molecule has 86 valence electrons. The zero-order chi connectivity index (χ0) is 11.5. The molecule has 0 unspecified atom stereocenters. The summed E-state index contributed by atoms with van der Waals surface area (Å²) in [5.41, 5.74) is 1.49. The minimum absolute atomic E-state index is 0.561. The molecule has 0 bridgehead atoms. The number of fused-ring (bicyclic) bond motifs is 3. The standard InChI is InChI=1S/C10H9NO3.C2H6/c1-6-11-7-2-3-8-10(9(7)14-6)13-5-4-12-8;1-2/h2-3H,4-5H2,1H3;1-2H3. The lowest BCUT2D eigenvalue weighted by molar-refractivity contribution is 0.172. The van der Waals surface area contributed by atoms with Gasteiger partial charge in [0, 0.05) is 6.92 Å². The van der Waals surface area contributed by atoms with Crippen molar-refractivity contribution in [1.29, 1.82) is 0 Å². The molecule has 0 aliphatic carbocycles. The van der Waals surface area contributed by atoms with E-state index in [-0.39, 0.29) is 0 Å². The number of oxazole rings is 1. The average molecular weight is 221 g/mol. The van der Waals surface area contributed by atoms with Crippen molar-refractivity contribution in [2.45, 2.75) is 20.8 Å². The van der Waals surface area contributed by atoms with Gasteiger partial charge in [-0.25, -0.2) is 4.98 Å². The summed E-state index contributed by atoms with van der Waals surface area (Å²) in [6.07, 6.45) is 0. The molecule has 1 aromatic heterocycles. The van der Waals surface area contributed by atoms with Gasteiger partial charge in [-0.2, -0.15) is 0 Å². The molecular formula is C12H15NO3. The van der Waals surface area contributed by atoms with Crippen LogP contribution in [-0.2, 0) is 0 Å². The summed E-state index contributed by atoms with van der Waals surface area (Å²) in [5.74, 6) is 2.05. The molecular weight excluding hydrogens is 206 g/mol. The van der Waals surface area contributed by atoms with E-state index in [1.807, 2.05) is 32.9 Å². The van der Waals surface area contributed by atoms with Gasteiger partial charge in [-0.1, -0.05) is 13.8 Å². The van der Waals surface area contributed by atoms with E-state index >= 15 is 0 Å². The Bertz CT molecular complexity index is 490. The summed E-state index contributed by atoms with van der Waals surface area (Å²) < 4.78 is 16.4. The Labute approximate surface area is 94.2 Å². The molecule has 1 aromatic carbocycles. The molecule has 1 aliphatic rings. The smallest absolute Gasteiger partial charge is 0.206 e. The molecule has 2 aromatic rings. The van der Waals surface area contributed by atoms with Crippen LogP contribution in [0, 0.1) is 6.92 Å². The summed E-state index contributed by atoms with van der Waals surface area (Å²) in [7, 11) is 0. The van der Waals surface area contributed by atoms with E-state index < -0.39 is 0 Å². The molecule has 0 saturated heterocycles. The fourth-order valence-electron chi connectivity index (χ4n) is 1.61. The SMILES string of the molecule is CC.Cc1nc2ccc3c(c2o1)OCCO3. The molecule has 4 nitrogen and oxygen atoms in total. The Morgan fingerprint density at radius 3 is 2.69 bits per heavy atom. The van der Waals surface area contributed by atoms with Gasteiger partial charge in [0.1, 0.15) is 18.7 Å². The minimum Gasteiger partial charge on any atom is -0.486 e. The second-order valence-corrected chi connectivity index (χ2v) is 3.17. The maximum atomic E-state index is 5.49. The first-order valence-electron chi connectivity index (χ1n) is 5.50. The first-order valence-corrected chi connectivity index (χ1v) is 5.50. The maximum Gasteiger partial charge on any atom is 0.206 e. The normalized spacial score (nSPS) is 13.2. The number of hydrogen-bond acceptors (Lipinski definition) is 4. The summed E-state index contributed by atoms with van der Waals surface area (Å²) in [6.45, 7) is 6.97. The maximum absolute atomic E-state index is 5.49. The van der Waals surface area contributed by atoms with Gasteiger partial charge in [0.2, 0.25) is 11.3 Å². The van der Waals surface area contributed by atoms with E-state index in [0.29, 0.717) is 30.4 Å². The summed E-state index contributed by atoms with van der Waals surface area (Å²) in [4.78, 5) is 4.22. The number of nitrogens with zero attached hydrogens (tertiary/aromatic N) is 1. The fraction of sp³-hybridized carbons (Fsp3) is 0.417. The highest BCUT2D eigenvalue weighted by molar-refractivity contribution is 5.82. The van der Waals surface area contributed by atoms with Gasteiger partial charge in [-0.3, -0.25) is 0 Å². The van der Waals surface area contributed by atoms with E-state index in [0.717, 1.165) is 11.3 Å². The molecule has 0 fully saturated rings. The highest BCUT2D eigenvalue weighted by atomic mass is 16.6. The van der Waals surface area contributed by atoms with Gasteiger partial charge in [0.25, 0.3) is 0 Å². The Hall–Kier alpha value is -1.71. The lowest BCUT2D eigenvalue weighted by Crippen LogP contribution is -2.15. The molecule has 3 rings (SSSR count). The van der Waals surface area contributed by atoms with Crippen LogP contribution in [0.25, 0.3) is 11.1 Å². The molecule has 0 amide bonds. The van der Waals surface area contributed by atoms with E-state index in [1.54, 1.807) is 0 Å². The second-order valence-electron chi connectivity index (χ2n) is 3.17. The lowest BCUT2D eigenvalue weighted by atomic mass is 10.2. The van der Waals surface area contributed by atoms with E-state index in [1.165, 1.54) is 0 Å². The van der Waals surface area contributed by atoms with E-state index in [4.69, 9.17) is 13.9 Å². The Kier molecular flexibility index (Phi) is 2.99. The van der Waals surface area contributed by atoms with Crippen LogP contribution in [0.3, 0.4) is 0 Å². The monoisotopic (exact) mass is 221 g/mol. The van der Waals surface area contributed by atoms with Crippen molar-refractivity contribution in [3.8, 4) is 11.5 Å². The molecule has 16 heavy (non-hydrogen) atoms. The number of rotatable bonds is 0. The number of benzene rings is 1. The van der Waals surface area contributed by atoms with Crippen LogP contribution < -0.4 is 9.47 Å². The van der Waals surface area contributed by atoms with Crippen molar-refractivity contribution >= 4 is 11.1 Å². The first-order chi connectivity index (χ1) is 7.84. The number of aromatic nitrogens is 1. The van der Waals surface area contributed by atoms with Crippen molar-refractivity contribution in [3.05, 3.63) is 18.0 Å². The van der Waals surface area contributed by atoms with Crippen molar-refractivity contribution in [1.82, 2.24) is 4.98 Å². The van der Waals surface area contributed by atoms with Crippen LogP contribution in [0.4, 0.5) is 0 Å². The van der Waals surface area contributed by atoms with Crippen LogP contribution in [0.2, 0.25) is 0 Å². The zero-order valence-corrected chi connectivity index (χ0v) is 9.74. The van der Waals surface area contributed by atoms with Crippen LogP contribution in [0.5, 0.6) is 11.5 Å². The lowest BCUT2D eigenvalue weighted by Gasteiger charge is -2.17. The van der Waals surface area contributed by atoms with Gasteiger partial charge in [0.15, 0.2) is 11.6 Å². The zero-order valence-electron chi connectivity index (χ0n) is 9.74. The second kappa shape index (κ2) is 4.43. The third-order valence-electron chi connectivity index (χ3n) is 2.17. The fourth-order valence-corrected chi connectivity index (χ4v) is 1.61. The Balaban J connectivity index is 0.000000457. The highest BCUT2D eigenvalue weighted by Crippen LogP contribution is 2.37. The van der Waals surface area contributed by atoms with Crippen LogP contribution in [0.1, 0.15) is 19.7 Å². The molecule has 0 N–H and O–H groups in total. The largest absolute Gasteiger partial charge is 0.486 e. The van der Waals surface area contributed by atoms with Gasteiger partial charge < -0.3 is 13.9 Å². The van der Waals surface area contributed by atoms with E-state index in [2.05, 4.69) is 4.98 Å². The average Bonchev–Trinajstić information content (AvgIpc) is 2.72. The minimum atomic E-state index is 0.561. The summed E-state index contributed by atoms with van der Waals surface area (Å²) >= 11 is 0. The van der Waals surface area contributed by atoms with Gasteiger partial charge in [0.05, 0.1) is 0 Å². The van der Waals surface area contributed by atoms with Crippen LogP contribution in [0.15, 0.2) is 16.5 Å². The van der Waals surface area contributed by atoms with Crippen LogP contribution >= 0.6 is 0 Å². The summed E-state index contributed by atoms with van der Waals surface area (Å²) in [5, 5.41) is 0. The highest BCUT2D eigenvalue weighted by Gasteiger charge is 2.18. The van der Waals surface area contributed by atoms with Gasteiger partial charge in [-0.05, 0) is 12.1 Å². The number of hydrogen-bond donors (Lipinski definition) is 0. The first kappa shape index (κ1) is 10.8. The molecule has 0 atom stereocenters. The number of aryl methyl sites for hydroxylation is 1. The molecule has 0 spiro atoms. The predicted molar refractivity (Wildman–Crippen MR) is 61.1 cm³/mol. The molecule has 2 heterocycles. The summed E-state index contributed by atoms with van der Waals surface area (Å²) in [6, 6.07) is 3.73. The molecule has 0 radical (unpaired) electrons.